The van der Waals surface area contributed by atoms with Crippen molar-refractivity contribution in [2.24, 2.45) is 5.92 Å². The minimum atomic E-state index is -0.519. The molecule has 0 aromatic heterocycles. The lowest BCUT2D eigenvalue weighted by Gasteiger charge is -2.26. The van der Waals surface area contributed by atoms with Crippen molar-refractivity contribution in [1.82, 2.24) is 5.32 Å². The van der Waals surface area contributed by atoms with Gasteiger partial charge in [0.1, 0.15) is 0 Å². The quantitative estimate of drug-likeness (QED) is 0.769. The molecule has 14 heavy (non-hydrogen) atoms. The van der Waals surface area contributed by atoms with Crippen molar-refractivity contribution in [2.75, 3.05) is 13.1 Å². The lowest BCUT2D eigenvalue weighted by Crippen LogP contribution is -2.42. The van der Waals surface area contributed by atoms with Crippen molar-refractivity contribution in [3.8, 4) is 5.75 Å². The monoisotopic (exact) mass is 195 g/mol. The van der Waals surface area contributed by atoms with Gasteiger partial charge in [-0.3, -0.25) is 0 Å². The first-order chi connectivity index (χ1) is 6.75. The number of rotatable bonds is 3. The maximum atomic E-state index is 12.9. The van der Waals surface area contributed by atoms with Gasteiger partial charge in [-0.1, -0.05) is 6.07 Å². The SMILES string of the molecule is Oc1ccc(CCC2CNC2)cc1F. The molecule has 1 aromatic carbocycles. The van der Waals surface area contributed by atoms with E-state index in [4.69, 9.17) is 5.11 Å². The zero-order valence-corrected chi connectivity index (χ0v) is 7.96. The summed E-state index contributed by atoms with van der Waals surface area (Å²) in [5, 5.41) is 12.2. The fourth-order valence-electron chi connectivity index (χ4n) is 1.63. The largest absolute Gasteiger partial charge is 0.505 e. The second-order valence-corrected chi connectivity index (χ2v) is 3.85. The summed E-state index contributed by atoms with van der Waals surface area (Å²) in [6.45, 7) is 2.17. The van der Waals surface area contributed by atoms with E-state index in [0.29, 0.717) is 0 Å². The van der Waals surface area contributed by atoms with Crippen LogP contribution in [-0.2, 0) is 6.42 Å². The molecule has 0 radical (unpaired) electrons. The molecule has 2 nitrogen and oxygen atoms in total. The van der Waals surface area contributed by atoms with Crippen LogP contribution in [0.3, 0.4) is 0 Å². The molecule has 1 saturated heterocycles. The molecule has 3 heteroatoms. The predicted octanol–water partition coefficient (Wildman–Crippen LogP) is 1.68. The van der Waals surface area contributed by atoms with Gasteiger partial charge in [0, 0.05) is 0 Å². The molecule has 0 amide bonds. The van der Waals surface area contributed by atoms with Crippen LogP contribution in [0.15, 0.2) is 18.2 Å². The van der Waals surface area contributed by atoms with Crippen LogP contribution in [0.4, 0.5) is 4.39 Å². The van der Waals surface area contributed by atoms with E-state index in [2.05, 4.69) is 5.32 Å². The van der Waals surface area contributed by atoms with Crippen molar-refractivity contribution < 1.29 is 9.50 Å². The molecule has 1 aliphatic rings. The first-order valence-corrected chi connectivity index (χ1v) is 4.94. The molecule has 1 aliphatic heterocycles. The topological polar surface area (TPSA) is 32.3 Å². The van der Waals surface area contributed by atoms with E-state index in [1.54, 1.807) is 6.07 Å². The third-order valence-electron chi connectivity index (χ3n) is 2.72. The van der Waals surface area contributed by atoms with Crippen LogP contribution in [-0.4, -0.2) is 18.2 Å². The van der Waals surface area contributed by atoms with Crippen molar-refractivity contribution in [1.29, 1.82) is 0 Å². The summed E-state index contributed by atoms with van der Waals surface area (Å²) >= 11 is 0. The number of aryl methyl sites for hydroxylation is 1. The van der Waals surface area contributed by atoms with E-state index in [0.717, 1.165) is 37.4 Å². The summed E-state index contributed by atoms with van der Waals surface area (Å²) in [7, 11) is 0. The Labute approximate surface area is 82.8 Å². The fraction of sp³-hybridized carbons (Fsp3) is 0.455. The van der Waals surface area contributed by atoms with E-state index in [9.17, 15) is 4.39 Å². The molecule has 1 aromatic rings. The third kappa shape index (κ3) is 2.04. The van der Waals surface area contributed by atoms with Crippen molar-refractivity contribution >= 4 is 0 Å². The molecule has 0 aliphatic carbocycles. The van der Waals surface area contributed by atoms with Crippen LogP contribution in [0.25, 0.3) is 0 Å². The molecule has 0 atom stereocenters. The molecule has 0 saturated carbocycles. The number of phenols is 1. The number of benzene rings is 1. The fourth-order valence-corrected chi connectivity index (χ4v) is 1.63. The number of aromatic hydroxyl groups is 1. The Morgan fingerprint density at radius 3 is 2.79 bits per heavy atom. The molecular formula is C11H14FNO. The first kappa shape index (κ1) is 9.46. The molecule has 2 rings (SSSR count). The number of halogens is 1. The van der Waals surface area contributed by atoms with Gasteiger partial charge >= 0.3 is 0 Å². The van der Waals surface area contributed by atoms with Crippen molar-refractivity contribution in [3.05, 3.63) is 29.6 Å². The van der Waals surface area contributed by atoms with Gasteiger partial charge in [-0.05, 0) is 49.5 Å². The van der Waals surface area contributed by atoms with Crippen molar-refractivity contribution in [2.45, 2.75) is 12.8 Å². The molecule has 1 fully saturated rings. The highest BCUT2D eigenvalue weighted by Crippen LogP contribution is 2.19. The van der Waals surface area contributed by atoms with Crippen LogP contribution < -0.4 is 5.32 Å². The van der Waals surface area contributed by atoms with E-state index >= 15 is 0 Å². The van der Waals surface area contributed by atoms with Gasteiger partial charge in [-0.2, -0.15) is 0 Å². The van der Waals surface area contributed by atoms with E-state index in [-0.39, 0.29) is 5.75 Å². The highest BCUT2D eigenvalue weighted by molar-refractivity contribution is 5.28. The standard InChI is InChI=1S/C11H14FNO/c12-10-5-8(3-4-11(10)14)1-2-9-6-13-7-9/h3-5,9,13-14H,1-2,6-7H2. The number of hydrogen-bond acceptors (Lipinski definition) is 2. The first-order valence-electron chi connectivity index (χ1n) is 4.94. The second kappa shape index (κ2) is 3.96. The van der Waals surface area contributed by atoms with Gasteiger partial charge in [0.2, 0.25) is 0 Å². The summed E-state index contributed by atoms with van der Waals surface area (Å²) in [6, 6.07) is 4.62. The molecule has 2 N–H and O–H groups in total. The predicted molar refractivity (Wildman–Crippen MR) is 52.7 cm³/mol. The molecular weight excluding hydrogens is 181 g/mol. The van der Waals surface area contributed by atoms with Crippen LogP contribution in [0.5, 0.6) is 5.75 Å². The Hall–Kier alpha value is -1.09. The summed E-state index contributed by atoms with van der Waals surface area (Å²) in [5.74, 6) is -0.0415. The maximum absolute atomic E-state index is 12.9. The van der Waals surface area contributed by atoms with Crippen LogP contribution in [0.1, 0.15) is 12.0 Å². The summed E-state index contributed by atoms with van der Waals surface area (Å²) in [5.41, 5.74) is 0.965. The zero-order valence-electron chi connectivity index (χ0n) is 7.96. The minimum Gasteiger partial charge on any atom is -0.505 e. The van der Waals surface area contributed by atoms with Gasteiger partial charge in [-0.25, -0.2) is 4.39 Å². The average Bonchev–Trinajstić information content (AvgIpc) is 2.08. The Morgan fingerprint density at radius 2 is 2.21 bits per heavy atom. The lowest BCUT2D eigenvalue weighted by molar-refractivity contribution is 0.327. The molecule has 0 bridgehead atoms. The smallest absolute Gasteiger partial charge is 0.165 e. The second-order valence-electron chi connectivity index (χ2n) is 3.85. The minimum absolute atomic E-state index is 0.265. The number of phenolic OH excluding ortho intramolecular Hbond substituents is 1. The third-order valence-corrected chi connectivity index (χ3v) is 2.72. The van der Waals surface area contributed by atoms with E-state index < -0.39 is 5.82 Å². The Bertz CT molecular complexity index is 323. The van der Waals surface area contributed by atoms with E-state index in [1.165, 1.54) is 12.1 Å². The van der Waals surface area contributed by atoms with E-state index in [1.807, 2.05) is 0 Å². The van der Waals surface area contributed by atoms with Crippen LogP contribution >= 0.6 is 0 Å². The van der Waals surface area contributed by atoms with Gasteiger partial charge in [0.25, 0.3) is 0 Å². The Morgan fingerprint density at radius 1 is 1.43 bits per heavy atom. The van der Waals surface area contributed by atoms with Gasteiger partial charge in [0.15, 0.2) is 11.6 Å². The molecule has 76 valence electrons. The summed E-state index contributed by atoms with van der Waals surface area (Å²) in [4.78, 5) is 0. The highest BCUT2D eigenvalue weighted by atomic mass is 19.1. The summed E-state index contributed by atoms with van der Waals surface area (Å²) in [6.07, 6.45) is 1.99. The molecule has 1 heterocycles. The average molecular weight is 195 g/mol. The van der Waals surface area contributed by atoms with Gasteiger partial charge in [-0.15, -0.1) is 0 Å². The number of nitrogens with one attached hydrogen (secondary N) is 1. The van der Waals surface area contributed by atoms with Crippen LogP contribution in [0, 0.1) is 11.7 Å². The lowest BCUT2D eigenvalue weighted by atomic mass is 9.95. The molecule has 0 unspecified atom stereocenters. The van der Waals surface area contributed by atoms with Crippen molar-refractivity contribution in [3.63, 3.8) is 0 Å². The van der Waals surface area contributed by atoms with Gasteiger partial charge in [0.05, 0.1) is 0 Å². The maximum Gasteiger partial charge on any atom is 0.165 e. The number of hydrogen-bond donors (Lipinski definition) is 2. The normalized spacial score (nSPS) is 16.6. The molecule has 0 spiro atoms. The Kier molecular flexibility index (Phi) is 2.68. The Balaban J connectivity index is 1.91. The zero-order chi connectivity index (χ0) is 9.97. The highest BCUT2D eigenvalue weighted by Gasteiger charge is 2.16. The van der Waals surface area contributed by atoms with Crippen LogP contribution in [0.2, 0.25) is 0 Å². The summed E-state index contributed by atoms with van der Waals surface area (Å²) < 4.78 is 12.9. The van der Waals surface area contributed by atoms with Gasteiger partial charge < -0.3 is 10.4 Å².